The van der Waals surface area contributed by atoms with E-state index in [-0.39, 0.29) is 12.4 Å². The zero-order valence-corrected chi connectivity index (χ0v) is 11.0. The molecule has 1 atom stereocenters. The van der Waals surface area contributed by atoms with Crippen LogP contribution in [0.5, 0.6) is 0 Å². The van der Waals surface area contributed by atoms with Crippen LogP contribution >= 0.6 is 12.4 Å². The molecule has 100 valence electrons. The summed E-state index contributed by atoms with van der Waals surface area (Å²) in [6, 6.07) is 7.23. The molecule has 1 aromatic carbocycles. The second kappa shape index (κ2) is 6.61. The highest BCUT2D eigenvalue weighted by atomic mass is 35.5. The Morgan fingerprint density at radius 3 is 2.33 bits per heavy atom. The van der Waals surface area contributed by atoms with Gasteiger partial charge < -0.3 is 15.7 Å². The number of carbonyl (C=O) groups is 1. The van der Waals surface area contributed by atoms with E-state index >= 15 is 0 Å². The number of carboxylic acid groups (broad SMARTS) is 1. The van der Waals surface area contributed by atoms with Crippen LogP contribution in [0.15, 0.2) is 24.3 Å². The first-order valence-electron chi connectivity index (χ1n) is 5.99. The van der Waals surface area contributed by atoms with Gasteiger partial charge in [-0.15, -0.1) is 12.4 Å². The molecule has 1 aromatic rings. The molecule has 0 radical (unpaired) electrons. The summed E-state index contributed by atoms with van der Waals surface area (Å²) < 4.78 is 0. The van der Waals surface area contributed by atoms with Crippen LogP contribution in [0, 0.1) is 0 Å². The zero-order valence-electron chi connectivity index (χ0n) is 10.2. The van der Waals surface area contributed by atoms with Gasteiger partial charge in [0.2, 0.25) is 0 Å². The van der Waals surface area contributed by atoms with Crippen LogP contribution < -0.4 is 10.6 Å². The molecule has 1 heterocycles. The number of halogens is 1. The summed E-state index contributed by atoms with van der Waals surface area (Å²) >= 11 is 0. The molecule has 0 aromatic heterocycles. The third kappa shape index (κ3) is 3.62. The van der Waals surface area contributed by atoms with Crippen LogP contribution in [-0.2, 0) is 11.2 Å². The maximum Gasteiger partial charge on any atom is 0.320 e. The van der Waals surface area contributed by atoms with Crippen LogP contribution in [0.3, 0.4) is 0 Å². The summed E-state index contributed by atoms with van der Waals surface area (Å²) in [6.07, 6.45) is 2.90. The van der Waals surface area contributed by atoms with Crippen molar-refractivity contribution in [2.24, 2.45) is 5.73 Å². The normalized spacial score (nSPS) is 16.2. The van der Waals surface area contributed by atoms with E-state index in [9.17, 15) is 4.79 Å². The van der Waals surface area contributed by atoms with Crippen LogP contribution in [0.1, 0.15) is 18.4 Å². The minimum absolute atomic E-state index is 0. The average molecular weight is 271 g/mol. The Kier molecular flexibility index (Phi) is 5.44. The lowest BCUT2D eigenvalue weighted by Gasteiger charge is -2.18. The predicted octanol–water partition coefficient (Wildman–Crippen LogP) is 1.66. The van der Waals surface area contributed by atoms with E-state index in [0.717, 1.165) is 18.7 Å². The topological polar surface area (TPSA) is 66.6 Å². The van der Waals surface area contributed by atoms with Gasteiger partial charge in [-0.1, -0.05) is 12.1 Å². The van der Waals surface area contributed by atoms with Crippen molar-refractivity contribution >= 4 is 24.1 Å². The van der Waals surface area contributed by atoms with Crippen molar-refractivity contribution in [3.63, 3.8) is 0 Å². The van der Waals surface area contributed by atoms with Gasteiger partial charge in [-0.05, 0) is 37.0 Å². The minimum atomic E-state index is -0.950. The highest BCUT2D eigenvalue weighted by Crippen LogP contribution is 2.20. The Morgan fingerprint density at radius 2 is 1.83 bits per heavy atom. The van der Waals surface area contributed by atoms with Crippen molar-refractivity contribution in [3.05, 3.63) is 29.8 Å². The van der Waals surface area contributed by atoms with Crippen molar-refractivity contribution in [2.75, 3.05) is 18.0 Å². The van der Waals surface area contributed by atoms with E-state index in [4.69, 9.17) is 10.8 Å². The number of nitrogens with two attached hydrogens (primary N) is 1. The maximum atomic E-state index is 10.6. The molecule has 4 nitrogen and oxygen atoms in total. The Bertz CT molecular complexity index is 388. The van der Waals surface area contributed by atoms with E-state index in [1.54, 1.807) is 0 Å². The molecular formula is C13H19ClN2O2. The summed E-state index contributed by atoms with van der Waals surface area (Å²) in [7, 11) is 0. The van der Waals surface area contributed by atoms with Crippen LogP contribution in [0.4, 0.5) is 5.69 Å². The second-order valence-electron chi connectivity index (χ2n) is 4.51. The predicted molar refractivity (Wildman–Crippen MR) is 74.5 cm³/mol. The van der Waals surface area contributed by atoms with Gasteiger partial charge in [0.25, 0.3) is 0 Å². The van der Waals surface area contributed by atoms with E-state index in [2.05, 4.69) is 17.0 Å². The summed E-state index contributed by atoms with van der Waals surface area (Å²) in [6.45, 7) is 2.24. The Morgan fingerprint density at radius 1 is 1.28 bits per heavy atom. The molecule has 0 amide bonds. The van der Waals surface area contributed by atoms with Crippen LogP contribution in [0.2, 0.25) is 0 Å². The summed E-state index contributed by atoms with van der Waals surface area (Å²) in [5.74, 6) is -0.950. The fourth-order valence-corrected chi connectivity index (χ4v) is 2.16. The van der Waals surface area contributed by atoms with Crippen LogP contribution in [0.25, 0.3) is 0 Å². The average Bonchev–Trinajstić information content (AvgIpc) is 2.83. The van der Waals surface area contributed by atoms with E-state index in [1.165, 1.54) is 18.5 Å². The first-order chi connectivity index (χ1) is 8.16. The van der Waals surface area contributed by atoms with E-state index in [1.807, 2.05) is 12.1 Å². The number of nitrogens with zero attached hydrogens (tertiary/aromatic N) is 1. The largest absolute Gasteiger partial charge is 0.480 e. The third-order valence-corrected chi connectivity index (χ3v) is 3.18. The summed E-state index contributed by atoms with van der Waals surface area (Å²) in [5.41, 5.74) is 7.69. The fourth-order valence-electron chi connectivity index (χ4n) is 2.16. The van der Waals surface area contributed by atoms with Gasteiger partial charge in [0, 0.05) is 18.8 Å². The zero-order chi connectivity index (χ0) is 12.3. The van der Waals surface area contributed by atoms with Crippen molar-refractivity contribution in [2.45, 2.75) is 25.3 Å². The van der Waals surface area contributed by atoms with Gasteiger partial charge in [-0.2, -0.15) is 0 Å². The summed E-state index contributed by atoms with van der Waals surface area (Å²) in [5, 5.41) is 8.74. The minimum Gasteiger partial charge on any atom is -0.480 e. The van der Waals surface area contributed by atoms with Crippen LogP contribution in [-0.4, -0.2) is 30.2 Å². The number of hydrogen-bond donors (Lipinski definition) is 2. The van der Waals surface area contributed by atoms with E-state index in [0.29, 0.717) is 6.42 Å². The number of rotatable bonds is 4. The van der Waals surface area contributed by atoms with Gasteiger partial charge in [0.1, 0.15) is 6.04 Å². The monoisotopic (exact) mass is 270 g/mol. The molecule has 0 aliphatic carbocycles. The molecule has 0 saturated carbocycles. The van der Waals surface area contributed by atoms with Gasteiger partial charge in [-0.3, -0.25) is 4.79 Å². The van der Waals surface area contributed by atoms with Crippen molar-refractivity contribution in [3.8, 4) is 0 Å². The Labute approximate surface area is 113 Å². The highest BCUT2D eigenvalue weighted by Gasteiger charge is 2.14. The standard InChI is InChI=1S/C13H18N2O2.ClH/c14-12(13(16)17)9-10-3-5-11(6-4-10)15-7-1-2-8-15;/h3-6,12H,1-2,7-9,14H2,(H,16,17);1H. The second-order valence-corrected chi connectivity index (χ2v) is 4.51. The number of carboxylic acids is 1. The quantitative estimate of drug-likeness (QED) is 0.873. The molecule has 1 aliphatic rings. The number of hydrogen-bond acceptors (Lipinski definition) is 3. The Balaban J connectivity index is 0.00000162. The third-order valence-electron chi connectivity index (χ3n) is 3.18. The highest BCUT2D eigenvalue weighted by molar-refractivity contribution is 5.85. The first kappa shape index (κ1) is 14.8. The molecular weight excluding hydrogens is 252 g/mol. The molecule has 1 saturated heterocycles. The van der Waals surface area contributed by atoms with Gasteiger partial charge in [0.05, 0.1) is 0 Å². The van der Waals surface area contributed by atoms with Gasteiger partial charge >= 0.3 is 5.97 Å². The molecule has 0 bridgehead atoms. The lowest BCUT2D eigenvalue weighted by atomic mass is 10.1. The Hall–Kier alpha value is -1.26. The molecule has 5 heteroatoms. The van der Waals surface area contributed by atoms with Gasteiger partial charge in [0.15, 0.2) is 0 Å². The van der Waals surface area contributed by atoms with Crippen molar-refractivity contribution in [1.29, 1.82) is 0 Å². The van der Waals surface area contributed by atoms with Crippen molar-refractivity contribution in [1.82, 2.24) is 0 Å². The molecule has 0 spiro atoms. The maximum absolute atomic E-state index is 10.6. The molecule has 1 unspecified atom stereocenters. The SMILES string of the molecule is Cl.NC(Cc1ccc(N2CCCC2)cc1)C(=O)O. The number of benzene rings is 1. The van der Waals surface area contributed by atoms with Gasteiger partial charge in [-0.25, -0.2) is 0 Å². The number of anilines is 1. The molecule has 2 rings (SSSR count). The smallest absolute Gasteiger partial charge is 0.320 e. The molecule has 1 aliphatic heterocycles. The fraction of sp³-hybridized carbons (Fsp3) is 0.462. The molecule has 1 fully saturated rings. The molecule has 3 N–H and O–H groups in total. The van der Waals surface area contributed by atoms with Crippen molar-refractivity contribution < 1.29 is 9.90 Å². The first-order valence-corrected chi connectivity index (χ1v) is 5.99. The lowest BCUT2D eigenvalue weighted by Crippen LogP contribution is -2.32. The summed E-state index contributed by atoms with van der Waals surface area (Å²) in [4.78, 5) is 13.0. The lowest BCUT2D eigenvalue weighted by molar-refractivity contribution is -0.138. The molecule has 18 heavy (non-hydrogen) atoms. The van der Waals surface area contributed by atoms with E-state index < -0.39 is 12.0 Å². The number of aliphatic carboxylic acids is 1.